The van der Waals surface area contributed by atoms with Gasteiger partial charge in [0.25, 0.3) is 5.56 Å². The van der Waals surface area contributed by atoms with E-state index in [0.717, 1.165) is 5.56 Å². The van der Waals surface area contributed by atoms with E-state index < -0.39 is 0 Å². The molecule has 1 aromatic carbocycles. The van der Waals surface area contributed by atoms with Gasteiger partial charge >= 0.3 is 0 Å². The van der Waals surface area contributed by atoms with Crippen LogP contribution in [0.25, 0.3) is 0 Å². The Kier molecular flexibility index (Phi) is 3.62. The monoisotopic (exact) mass is 254 g/mol. The van der Waals surface area contributed by atoms with Crippen molar-refractivity contribution in [3.05, 3.63) is 58.1 Å². The summed E-state index contributed by atoms with van der Waals surface area (Å²) in [6, 6.07) is 9.42. The largest absolute Gasteiger partial charge is 0.351 e. The highest BCUT2D eigenvalue weighted by atomic mass is 16.1. The summed E-state index contributed by atoms with van der Waals surface area (Å²) in [6.07, 6.45) is 3.22. The summed E-state index contributed by atoms with van der Waals surface area (Å²) in [7, 11) is 3.50. The lowest BCUT2D eigenvalue weighted by atomic mass is 10.1. The molecule has 0 unspecified atom stereocenters. The van der Waals surface area contributed by atoms with E-state index in [2.05, 4.69) is 11.1 Å². The number of anilines is 1. The molecule has 0 saturated heterocycles. The third-order valence-electron chi connectivity index (χ3n) is 2.84. The molecule has 5 heteroatoms. The number of nitriles is 1. The summed E-state index contributed by atoms with van der Waals surface area (Å²) in [5.41, 5.74) is 1.44. The second-order valence-corrected chi connectivity index (χ2v) is 4.34. The number of hydrogen-bond acceptors (Lipinski definition) is 4. The Morgan fingerprint density at radius 3 is 3.00 bits per heavy atom. The van der Waals surface area contributed by atoms with Crippen molar-refractivity contribution in [2.75, 3.05) is 11.9 Å². The van der Waals surface area contributed by atoms with Gasteiger partial charge in [-0.2, -0.15) is 5.26 Å². The van der Waals surface area contributed by atoms with Crippen molar-refractivity contribution in [3.63, 3.8) is 0 Å². The minimum Gasteiger partial charge on any atom is -0.351 e. The van der Waals surface area contributed by atoms with Crippen LogP contribution in [0.15, 0.2) is 41.5 Å². The van der Waals surface area contributed by atoms with Gasteiger partial charge in [-0.3, -0.25) is 4.79 Å². The molecule has 0 spiro atoms. The zero-order valence-corrected chi connectivity index (χ0v) is 10.9. The van der Waals surface area contributed by atoms with Gasteiger partial charge in [0.15, 0.2) is 5.82 Å². The first-order valence-corrected chi connectivity index (χ1v) is 5.83. The van der Waals surface area contributed by atoms with E-state index in [4.69, 9.17) is 5.26 Å². The summed E-state index contributed by atoms with van der Waals surface area (Å²) < 4.78 is 1.49. The predicted molar refractivity (Wildman–Crippen MR) is 72.7 cm³/mol. The van der Waals surface area contributed by atoms with Crippen LogP contribution in [0.3, 0.4) is 0 Å². The van der Waals surface area contributed by atoms with Gasteiger partial charge in [-0.15, -0.1) is 0 Å². The van der Waals surface area contributed by atoms with E-state index in [1.807, 2.05) is 25.2 Å². The van der Waals surface area contributed by atoms with Crippen LogP contribution in [0.1, 0.15) is 11.1 Å². The van der Waals surface area contributed by atoms with Gasteiger partial charge in [-0.25, -0.2) is 4.98 Å². The van der Waals surface area contributed by atoms with E-state index >= 15 is 0 Å². The molecular weight excluding hydrogens is 240 g/mol. The van der Waals surface area contributed by atoms with Gasteiger partial charge in [-0.05, 0) is 17.7 Å². The minimum absolute atomic E-state index is 0.138. The van der Waals surface area contributed by atoms with E-state index in [9.17, 15) is 4.79 Å². The number of nitrogens with zero attached hydrogens (tertiary/aromatic N) is 4. The van der Waals surface area contributed by atoms with Crippen LogP contribution in [-0.4, -0.2) is 16.6 Å². The van der Waals surface area contributed by atoms with Gasteiger partial charge in [0, 0.05) is 33.0 Å². The second kappa shape index (κ2) is 5.36. The van der Waals surface area contributed by atoms with Crippen LogP contribution in [0.5, 0.6) is 0 Å². The third-order valence-corrected chi connectivity index (χ3v) is 2.84. The molecule has 0 bridgehead atoms. The van der Waals surface area contributed by atoms with Gasteiger partial charge < -0.3 is 9.47 Å². The van der Waals surface area contributed by atoms with Crippen LogP contribution in [0.2, 0.25) is 0 Å². The molecule has 1 aromatic heterocycles. The summed E-state index contributed by atoms with van der Waals surface area (Å²) in [6.45, 7) is 0.530. The Morgan fingerprint density at radius 2 is 2.26 bits per heavy atom. The lowest BCUT2D eigenvalue weighted by molar-refractivity contribution is 0.802. The number of aromatic nitrogens is 2. The molecule has 0 aliphatic heterocycles. The van der Waals surface area contributed by atoms with Crippen molar-refractivity contribution in [1.82, 2.24) is 9.55 Å². The molecule has 2 rings (SSSR count). The fourth-order valence-corrected chi connectivity index (χ4v) is 1.83. The van der Waals surface area contributed by atoms with Crippen molar-refractivity contribution < 1.29 is 0 Å². The first-order valence-electron chi connectivity index (χ1n) is 5.83. The molecule has 0 aliphatic rings. The van der Waals surface area contributed by atoms with E-state index in [-0.39, 0.29) is 5.56 Å². The fourth-order valence-electron chi connectivity index (χ4n) is 1.83. The van der Waals surface area contributed by atoms with Gasteiger partial charge in [0.1, 0.15) is 0 Å². The summed E-state index contributed by atoms with van der Waals surface area (Å²) in [5, 5.41) is 8.86. The quantitative estimate of drug-likeness (QED) is 0.828. The first kappa shape index (κ1) is 12.8. The number of hydrogen-bond donors (Lipinski definition) is 0. The Morgan fingerprint density at radius 1 is 1.47 bits per heavy atom. The van der Waals surface area contributed by atoms with E-state index in [1.165, 1.54) is 4.57 Å². The summed E-state index contributed by atoms with van der Waals surface area (Å²) >= 11 is 0. The highest BCUT2D eigenvalue weighted by Crippen LogP contribution is 2.10. The van der Waals surface area contributed by atoms with E-state index in [1.54, 1.807) is 30.4 Å². The summed E-state index contributed by atoms with van der Waals surface area (Å²) in [4.78, 5) is 17.8. The molecule has 0 amide bonds. The van der Waals surface area contributed by atoms with Gasteiger partial charge in [-0.1, -0.05) is 12.1 Å². The Balaban J connectivity index is 2.26. The first-order chi connectivity index (χ1) is 9.11. The molecular formula is C14H14N4O. The van der Waals surface area contributed by atoms with E-state index in [0.29, 0.717) is 17.9 Å². The predicted octanol–water partition coefficient (Wildman–Crippen LogP) is 1.29. The highest BCUT2D eigenvalue weighted by Gasteiger charge is 2.09. The topological polar surface area (TPSA) is 61.9 Å². The average Bonchev–Trinajstić information content (AvgIpc) is 2.42. The zero-order chi connectivity index (χ0) is 13.8. The lowest BCUT2D eigenvalue weighted by Crippen LogP contribution is -2.29. The molecule has 0 radical (unpaired) electrons. The van der Waals surface area contributed by atoms with Crippen LogP contribution in [0.4, 0.5) is 5.82 Å². The SMILES string of the molecule is CN(Cc1cccc(C#N)c1)c1nccn(C)c1=O. The summed E-state index contributed by atoms with van der Waals surface area (Å²) in [5.74, 6) is 0.396. The molecule has 5 nitrogen and oxygen atoms in total. The van der Waals surface area contributed by atoms with Crippen molar-refractivity contribution >= 4 is 5.82 Å². The minimum atomic E-state index is -0.138. The maximum absolute atomic E-state index is 11.9. The number of rotatable bonds is 3. The Bertz CT molecular complexity index is 684. The Labute approximate surface area is 111 Å². The molecule has 96 valence electrons. The van der Waals surface area contributed by atoms with Crippen molar-refractivity contribution in [1.29, 1.82) is 5.26 Å². The van der Waals surface area contributed by atoms with Crippen LogP contribution >= 0.6 is 0 Å². The maximum Gasteiger partial charge on any atom is 0.293 e. The molecule has 19 heavy (non-hydrogen) atoms. The molecule has 0 atom stereocenters. The molecule has 0 aliphatic carbocycles. The smallest absolute Gasteiger partial charge is 0.293 e. The normalized spacial score (nSPS) is 9.95. The van der Waals surface area contributed by atoms with Crippen LogP contribution in [0, 0.1) is 11.3 Å². The Hall–Kier alpha value is -2.61. The van der Waals surface area contributed by atoms with Gasteiger partial charge in [0.05, 0.1) is 11.6 Å². The van der Waals surface area contributed by atoms with Crippen LogP contribution < -0.4 is 10.5 Å². The van der Waals surface area contributed by atoms with Crippen LogP contribution in [-0.2, 0) is 13.6 Å². The molecule has 0 N–H and O–H groups in total. The van der Waals surface area contributed by atoms with Crippen molar-refractivity contribution in [3.8, 4) is 6.07 Å². The lowest BCUT2D eigenvalue weighted by Gasteiger charge is -2.17. The zero-order valence-electron chi connectivity index (χ0n) is 10.9. The number of aryl methyl sites for hydroxylation is 1. The fraction of sp³-hybridized carbons (Fsp3) is 0.214. The molecule has 1 heterocycles. The standard InChI is InChI=1S/C14H14N4O/c1-17-7-6-16-13(14(17)19)18(2)10-12-5-3-4-11(8-12)9-15/h3-8H,10H2,1-2H3. The number of benzene rings is 1. The molecule has 2 aromatic rings. The molecule has 0 fully saturated rings. The molecule has 0 saturated carbocycles. The second-order valence-electron chi connectivity index (χ2n) is 4.34. The van der Waals surface area contributed by atoms with Crippen molar-refractivity contribution in [2.24, 2.45) is 7.05 Å². The highest BCUT2D eigenvalue weighted by molar-refractivity contribution is 5.38. The average molecular weight is 254 g/mol. The maximum atomic E-state index is 11.9. The van der Waals surface area contributed by atoms with Gasteiger partial charge in [0.2, 0.25) is 0 Å². The third kappa shape index (κ3) is 2.80. The van der Waals surface area contributed by atoms with Crippen molar-refractivity contribution in [2.45, 2.75) is 6.54 Å².